The molecule has 35 heavy (non-hydrogen) atoms. The van der Waals surface area contributed by atoms with E-state index in [0.29, 0.717) is 23.7 Å². The lowest BCUT2D eigenvalue weighted by Gasteiger charge is -2.21. The van der Waals surface area contributed by atoms with Crippen LogP contribution in [0.25, 0.3) is 11.0 Å². The topological polar surface area (TPSA) is 105 Å². The third-order valence-corrected chi connectivity index (χ3v) is 7.24. The number of benzene rings is 2. The van der Waals surface area contributed by atoms with Gasteiger partial charge in [-0.1, -0.05) is 30.3 Å². The predicted molar refractivity (Wildman–Crippen MR) is 132 cm³/mol. The van der Waals surface area contributed by atoms with Crippen molar-refractivity contribution in [3.8, 4) is 0 Å². The standard InChI is InChI=1S/C26H25N3O5S/c1-17(18-9-11-20(12-10-18)35(2,31)32)27-16-26(30)29-22(24-8-5-13-33-24)15-21(28-29)25-14-19-6-3-4-7-23(19)34-25/h3-14,17,22,27H,15-16H2,1-2H3/t17-,22+/m1/s1. The van der Waals surface area contributed by atoms with Gasteiger partial charge in [0.05, 0.1) is 17.7 Å². The number of amides is 1. The minimum absolute atomic E-state index is 0.0448. The SMILES string of the molecule is C[C@@H](NCC(=O)N1N=C(c2cc3ccccc3o2)C[C@H]1c1ccco1)c1ccc(S(C)(=O)=O)cc1. The molecule has 9 heteroatoms. The van der Waals surface area contributed by atoms with Crippen molar-refractivity contribution in [2.24, 2.45) is 5.10 Å². The number of fused-ring (bicyclic) bond motifs is 1. The minimum atomic E-state index is -3.26. The Labute approximate surface area is 203 Å². The fraction of sp³-hybridized carbons (Fsp3) is 0.231. The van der Waals surface area contributed by atoms with Crippen molar-refractivity contribution >= 4 is 32.4 Å². The molecule has 0 spiro atoms. The van der Waals surface area contributed by atoms with Gasteiger partial charge in [0.1, 0.15) is 23.1 Å². The first-order chi connectivity index (χ1) is 16.8. The van der Waals surface area contributed by atoms with Crippen molar-refractivity contribution < 1.29 is 22.0 Å². The number of para-hydroxylation sites is 1. The number of carbonyl (C=O) groups is 1. The highest BCUT2D eigenvalue weighted by Gasteiger charge is 2.36. The molecule has 1 aliphatic rings. The monoisotopic (exact) mass is 491 g/mol. The Morgan fingerprint density at radius 1 is 1.14 bits per heavy atom. The lowest BCUT2D eigenvalue weighted by atomic mass is 10.1. The zero-order valence-corrected chi connectivity index (χ0v) is 20.2. The molecule has 5 rings (SSSR count). The fourth-order valence-electron chi connectivity index (χ4n) is 4.16. The molecular weight excluding hydrogens is 466 g/mol. The lowest BCUT2D eigenvalue weighted by molar-refractivity contribution is -0.132. The van der Waals surface area contributed by atoms with Gasteiger partial charge in [0.15, 0.2) is 15.6 Å². The van der Waals surface area contributed by atoms with Crippen LogP contribution in [0, 0.1) is 0 Å². The van der Waals surface area contributed by atoms with Gasteiger partial charge in [-0.05, 0) is 48.9 Å². The minimum Gasteiger partial charge on any atom is -0.467 e. The van der Waals surface area contributed by atoms with Crippen molar-refractivity contribution in [2.45, 2.75) is 30.3 Å². The van der Waals surface area contributed by atoms with Gasteiger partial charge in [0.2, 0.25) is 0 Å². The molecule has 1 aliphatic heterocycles. The van der Waals surface area contributed by atoms with E-state index in [-0.39, 0.29) is 29.4 Å². The third-order valence-electron chi connectivity index (χ3n) is 6.12. The smallest absolute Gasteiger partial charge is 0.257 e. The Balaban J connectivity index is 1.33. The summed E-state index contributed by atoms with van der Waals surface area (Å²) < 4.78 is 35.0. The molecule has 180 valence electrons. The van der Waals surface area contributed by atoms with Gasteiger partial charge >= 0.3 is 0 Å². The molecule has 3 heterocycles. The molecule has 0 aliphatic carbocycles. The molecule has 0 radical (unpaired) electrons. The second-order valence-corrected chi connectivity index (χ2v) is 10.6. The fourth-order valence-corrected chi connectivity index (χ4v) is 4.79. The van der Waals surface area contributed by atoms with Gasteiger partial charge in [-0.3, -0.25) is 4.79 Å². The van der Waals surface area contributed by atoms with Crippen LogP contribution in [0.2, 0.25) is 0 Å². The van der Waals surface area contributed by atoms with E-state index in [1.165, 1.54) is 11.3 Å². The zero-order chi connectivity index (χ0) is 24.6. The molecule has 8 nitrogen and oxygen atoms in total. The summed E-state index contributed by atoms with van der Waals surface area (Å²) in [5.41, 5.74) is 2.32. The Hall–Kier alpha value is -3.69. The molecule has 4 aromatic rings. The first-order valence-corrected chi connectivity index (χ1v) is 13.1. The van der Waals surface area contributed by atoms with Crippen molar-refractivity contribution in [1.29, 1.82) is 0 Å². The van der Waals surface area contributed by atoms with Crippen molar-refractivity contribution in [1.82, 2.24) is 10.3 Å². The summed E-state index contributed by atoms with van der Waals surface area (Å²) in [6.45, 7) is 1.96. The maximum atomic E-state index is 13.2. The van der Waals surface area contributed by atoms with E-state index in [1.54, 1.807) is 36.6 Å². The van der Waals surface area contributed by atoms with Gasteiger partial charge in [-0.2, -0.15) is 5.10 Å². The van der Waals surface area contributed by atoms with Gasteiger partial charge in [-0.25, -0.2) is 13.4 Å². The number of nitrogens with one attached hydrogen (secondary N) is 1. The summed E-state index contributed by atoms with van der Waals surface area (Å²) in [7, 11) is -3.26. The van der Waals surface area contributed by atoms with Crippen LogP contribution in [0.15, 0.2) is 91.8 Å². The zero-order valence-electron chi connectivity index (χ0n) is 19.3. The Kier molecular flexibility index (Phi) is 6.04. The van der Waals surface area contributed by atoms with E-state index in [2.05, 4.69) is 10.4 Å². The number of hydrogen-bond acceptors (Lipinski definition) is 7. The van der Waals surface area contributed by atoms with E-state index in [4.69, 9.17) is 8.83 Å². The number of nitrogens with zero attached hydrogens (tertiary/aromatic N) is 2. The molecular formula is C26H25N3O5S. The molecule has 2 aromatic heterocycles. The second kappa shape index (κ2) is 9.16. The van der Waals surface area contributed by atoms with Crippen molar-refractivity contribution in [3.05, 3.63) is 90.1 Å². The van der Waals surface area contributed by atoms with E-state index in [9.17, 15) is 13.2 Å². The summed E-state index contributed by atoms with van der Waals surface area (Å²) >= 11 is 0. The van der Waals surface area contributed by atoms with Crippen LogP contribution in [0.1, 0.15) is 42.5 Å². The number of carbonyl (C=O) groups excluding carboxylic acids is 1. The summed E-state index contributed by atoms with van der Waals surface area (Å²) in [5, 5.41) is 10.3. The molecule has 2 atom stereocenters. The summed E-state index contributed by atoms with van der Waals surface area (Å²) in [4.78, 5) is 13.5. The van der Waals surface area contributed by atoms with Crippen molar-refractivity contribution in [3.63, 3.8) is 0 Å². The second-order valence-electron chi connectivity index (χ2n) is 8.61. The summed E-state index contributed by atoms with van der Waals surface area (Å²) in [6, 6.07) is 19.4. The Morgan fingerprint density at radius 3 is 2.60 bits per heavy atom. The highest BCUT2D eigenvalue weighted by atomic mass is 32.2. The third kappa shape index (κ3) is 4.78. The first kappa shape index (κ1) is 23.1. The molecule has 0 fully saturated rings. The molecule has 2 aromatic carbocycles. The van der Waals surface area contributed by atoms with Crippen LogP contribution in [0.4, 0.5) is 0 Å². The van der Waals surface area contributed by atoms with Crippen LogP contribution in [0.5, 0.6) is 0 Å². The maximum absolute atomic E-state index is 13.2. The number of rotatable bonds is 7. The average molecular weight is 492 g/mol. The van der Waals surface area contributed by atoms with E-state index < -0.39 is 9.84 Å². The Bertz CT molecular complexity index is 1450. The van der Waals surface area contributed by atoms with Gasteiger partial charge in [0, 0.05) is 24.1 Å². The number of sulfone groups is 1. The predicted octanol–water partition coefficient (Wildman–Crippen LogP) is 4.46. The van der Waals surface area contributed by atoms with Crippen LogP contribution in [0.3, 0.4) is 0 Å². The summed E-state index contributed by atoms with van der Waals surface area (Å²) in [6.07, 6.45) is 3.23. The van der Waals surface area contributed by atoms with Crippen LogP contribution < -0.4 is 5.32 Å². The lowest BCUT2D eigenvalue weighted by Crippen LogP contribution is -2.36. The summed E-state index contributed by atoms with van der Waals surface area (Å²) in [5.74, 6) is 1.07. The molecule has 0 saturated carbocycles. The maximum Gasteiger partial charge on any atom is 0.257 e. The van der Waals surface area contributed by atoms with Gasteiger partial charge in [0.25, 0.3) is 5.91 Å². The molecule has 0 unspecified atom stereocenters. The van der Waals surface area contributed by atoms with Crippen LogP contribution in [-0.2, 0) is 14.6 Å². The number of hydrazone groups is 1. The van der Waals surface area contributed by atoms with Gasteiger partial charge in [-0.15, -0.1) is 0 Å². The average Bonchev–Trinajstić information content (AvgIpc) is 3.60. The number of furan rings is 2. The van der Waals surface area contributed by atoms with Gasteiger partial charge < -0.3 is 14.2 Å². The van der Waals surface area contributed by atoms with E-state index in [0.717, 1.165) is 16.5 Å². The quantitative estimate of drug-likeness (QED) is 0.409. The van der Waals surface area contributed by atoms with E-state index in [1.807, 2.05) is 43.3 Å². The molecule has 0 saturated heterocycles. The largest absolute Gasteiger partial charge is 0.467 e. The first-order valence-electron chi connectivity index (χ1n) is 11.2. The number of hydrogen-bond donors (Lipinski definition) is 1. The van der Waals surface area contributed by atoms with E-state index >= 15 is 0 Å². The molecule has 1 N–H and O–H groups in total. The Morgan fingerprint density at radius 2 is 1.91 bits per heavy atom. The molecule has 1 amide bonds. The highest BCUT2D eigenvalue weighted by molar-refractivity contribution is 7.90. The van der Waals surface area contributed by atoms with Crippen LogP contribution in [-0.4, -0.2) is 37.8 Å². The normalized spacial score (nSPS) is 17.0. The van der Waals surface area contributed by atoms with Crippen molar-refractivity contribution in [2.75, 3.05) is 12.8 Å². The molecule has 0 bridgehead atoms. The van der Waals surface area contributed by atoms with Crippen LogP contribution >= 0.6 is 0 Å². The highest BCUT2D eigenvalue weighted by Crippen LogP contribution is 2.34.